The molecule has 0 radical (unpaired) electrons. The van der Waals surface area contributed by atoms with E-state index < -0.39 is 57.4 Å². The Bertz CT molecular complexity index is 1220. The Morgan fingerprint density at radius 3 is 2.31 bits per heavy atom. The monoisotopic (exact) mass is 557 g/mol. The fourth-order valence-corrected chi connectivity index (χ4v) is 6.71. The molecule has 3 rings (SSSR count). The molecular formula is C26H30Cl2FNO5S. The predicted molar refractivity (Wildman–Crippen MR) is 139 cm³/mol. The van der Waals surface area contributed by atoms with E-state index >= 15 is 0 Å². The van der Waals surface area contributed by atoms with E-state index in [1.165, 1.54) is 17.0 Å². The van der Waals surface area contributed by atoms with Gasteiger partial charge in [0.05, 0.1) is 23.6 Å². The van der Waals surface area contributed by atoms with Crippen LogP contribution in [0.1, 0.15) is 63.1 Å². The van der Waals surface area contributed by atoms with E-state index in [0.717, 1.165) is 0 Å². The maximum Gasteiger partial charge on any atom is 0.304 e. The molecule has 6 nitrogen and oxygen atoms in total. The molecule has 0 aliphatic carbocycles. The van der Waals surface area contributed by atoms with Crippen molar-refractivity contribution in [2.75, 3.05) is 11.5 Å². The summed E-state index contributed by atoms with van der Waals surface area (Å²) in [5.41, 5.74) is -0.160. The van der Waals surface area contributed by atoms with E-state index in [0.29, 0.717) is 22.6 Å². The molecule has 196 valence electrons. The number of sulfone groups is 1. The Hall–Kier alpha value is -2.16. The predicted octanol–water partition coefficient (Wildman–Crippen LogP) is 5.88. The van der Waals surface area contributed by atoms with Crippen molar-refractivity contribution < 1.29 is 27.5 Å². The highest BCUT2D eigenvalue weighted by Gasteiger charge is 2.52. The summed E-state index contributed by atoms with van der Waals surface area (Å²) >= 11 is 12.3. The number of carbonyl (C=O) groups is 2. The molecule has 1 amide bonds. The smallest absolute Gasteiger partial charge is 0.304 e. The summed E-state index contributed by atoms with van der Waals surface area (Å²) in [5.74, 6) is -3.07. The summed E-state index contributed by atoms with van der Waals surface area (Å²) in [4.78, 5) is 27.4. The number of amides is 1. The zero-order chi connectivity index (χ0) is 26.8. The van der Waals surface area contributed by atoms with Crippen LogP contribution in [0.2, 0.25) is 10.0 Å². The van der Waals surface area contributed by atoms with Gasteiger partial charge in [-0.15, -0.1) is 0 Å². The Labute approximate surface area is 221 Å². The van der Waals surface area contributed by atoms with Crippen molar-refractivity contribution >= 4 is 44.9 Å². The standard InChI is InChI=1S/C26H30Cl2FNO5S/c1-4-21(15-36(34,35)5-2)30-24(16-6-8-18(27)9-7-16)22(17-10-19(28)12-20(29)11-17)13-26(3,25(30)33)14-23(31)32/h6-12,21-22,24H,4-5,13-15H2,1-3H3,(H,31,32)/t21-,22+,24+,26+/m0/s1. The molecular weight excluding hydrogens is 528 g/mol. The molecule has 1 saturated heterocycles. The molecule has 10 heteroatoms. The van der Waals surface area contributed by atoms with Gasteiger partial charge in [0.1, 0.15) is 5.82 Å². The second kappa shape index (κ2) is 11.1. The van der Waals surface area contributed by atoms with E-state index in [9.17, 15) is 27.5 Å². The molecule has 1 aliphatic heterocycles. The average Bonchev–Trinajstić information content (AvgIpc) is 2.79. The van der Waals surface area contributed by atoms with Gasteiger partial charge in [-0.05, 0) is 54.3 Å². The van der Waals surface area contributed by atoms with Crippen LogP contribution in [-0.4, -0.2) is 47.8 Å². The molecule has 0 saturated carbocycles. The van der Waals surface area contributed by atoms with Gasteiger partial charge in [0, 0.05) is 27.8 Å². The minimum atomic E-state index is -3.48. The number of carboxylic acids is 1. The third-order valence-electron chi connectivity index (χ3n) is 6.92. The second-order valence-electron chi connectivity index (χ2n) is 9.61. The van der Waals surface area contributed by atoms with Crippen LogP contribution in [0.3, 0.4) is 0 Å². The molecule has 1 heterocycles. The van der Waals surface area contributed by atoms with E-state index in [1.54, 1.807) is 51.1 Å². The van der Waals surface area contributed by atoms with Crippen molar-refractivity contribution in [2.45, 2.75) is 58.0 Å². The fraction of sp³-hybridized carbons (Fsp3) is 0.462. The highest BCUT2D eigenvalue weighted by Crippen LogP contribution is 2.52. The molecule has 1 fully saturated rings. The fourth-order valence-electron chi connectivity index (χ4n) is 5.14. The molecule has 0 bridgehead atoms. The number of piperidine rings is 1. The second-order valence-corrected chi connectivity index (χ2v) is 12.9. The lowest BCUT2D eigenvalue weighted by atomic mass is 9.67. The van der Waals surface area contributed by atoms with E-state index in [4.69, 9.17) is 23.2 Å². The summed E-state index contributed by atoms with van der Waals surface area (Å²) in [7, 11) is -3.48. The molecule has 0 spiro atoms. The minimum absolute atomic E-state index is 0.0908. The molecule has 1 N–H and O–H groups in total. The Morgan fingerprint density at radius 1 is 1.14 bits per heavy atom. The zero-order valence-electron chi connectivity index (χ0n) is 20.4. The number of hydrogen-bond acceptors (Lipinski definition) is 4. The average molecular weight is 558 g/mol. The third-order valence-corrected chi connectivity index (χ3v) is 9.16. The normalized spacial score (nSPS) is 23.5. The first kappa shape index (κ1) is 28.4. The number of halogens is 3. The number of hydrogen-bond donors (Lipinski definition) is 1. The van der Waals surface area contributed by atoms with Gasteiger partial charge >= 0.3 is 5.97 Å². The van der Waals surface area contributed by atoms with Crippen LogP contribution >= 0.6 is 23.2 Å². The van der Waals surface area contributed by atoms with Crippen LogP contribution < -0.4 is 0 Å². The van der Waals surface area contributed by atoms with E-state index in [-0.39, 0.29) is 22.9 Å². The number of aliphatic carboxylic acids is 1. The minimum Gasteiger partial charge on any atom is -0.481 e. The topological polar surface area (TPSA) is 91.8 Å². The van der Waals surface area contributed by atoms with Gasteiger partial charge in [-0.3, -0.25) is 9.59 Å². The maximum atomic E-state index is 14.5. The molecule has 36 heavy (non-hydrogen) atoms. The van der Waals surface area contributed by atoms with Crippen LogP contribution in [0, 0.1) is 11.2 Å². The van der Waals surface area contributed by atoms with Gasteiger partial charge in [-0.2, -0.15) is 0 Å². The largest absolute Gasteiger partial charge is 0.481 e. The van der Waals surface area contributed by atoms with Gasteiger partial charge in [-0.1, -0.05) is 56.1 Å². The van der Waals surface area contributed by atoms with Crippen molar-refractivity contribution in [1.29, 1.82) is 0 Å². The summed E-state index contributed by atoms with van der Waals surface area (Å²) < 4.78 is 39.8. The molecule has 0 aromatic heterocycles. The zero-order valence-corrected chi connectivity index (χ0v) is 22.7. The number of rotatable bonds is 9. The van der Waals surface area contributed by atoms with Crippen LogP contribution in [0.15, 0.2) is 42.5 Å². The Kier molecular flexibility index (Phi) is 8.74. The summed E-state index contributed by atoms with van der Waals surface area (Å²) in [5, 5.41) is 10.3. The van der Waals surface area contributed by atoms with Crippen molar-refractivity contribution in [3.63, 3.8) is 0 Å². The molecule has 1 aliphatic rings. The Balaban J connectivity index is 2.29. The van der Waals surface area contributed by atoms with Gasteiger partial charge in [0.15, 0.2) is 9.84 Å². The quantitative estimate of drug-likeness (QED) is 0.415. The first-order valence-electron chi connectivity index (χ1n) is 11.8. The van der Waals surface area contributed by atoms with Gasteiger partial charge < -0.3 is 10.0 Å². The number of carboxylic acid groups (broad SMARTS) is 1. The molecule has 2 aromatic rings. The lowest BCUT2D eigenvalue weighted by Gasteiger charge is -2.51. The molecule has 4 atom stereocenters. The third kappa shape index (κ3) is 6.21. The number of benzene rings is 2. The summed E-state index contributed by atoms with van der Waals surface area (Å²) in [6.07, 6.45) is -0.0142. The van der Waals surface area contributed by atoms with Crippen molar-refractivity contribution in [3.05, 3.63) is 69.5 Å². The van der Waals surface area contributed by atoms with Gasteiger partial charge in [0.25, 0.3) is 0 Å². The Morgan fingerprint density at radius 2 is 1.78 bits per heavy atom. The molecule has 0 unspecified atom stereocenters. The van der Waals surface area contributed by atoms with Crippen LogP contribution in [0.25, 0.3) is 0 Å². The first-order valence-corrected chi connectivity index (χ1v) is 14.3. The lowest BCUT2D eigenvalue weighted by Crippen LogP contribution is -2.57. The van der Waals surface area contributed by atoms with E-state index in [1.807, 2.05) is 0 Å². The van der Waals surface area contributed by atoms with Crippen LogP contribution in [0.4, 0.5) is 4.39 Å². The number of nitrogens with zero attached hydrogens (tertiary/aromatic N) is 1. The highest BCUT2D eigenvalue weighted by molar-refractivity contribution is 7.91. The number of carbonyl (C=O) groups excluding carboxylic acids is 1. The summed E-state index contributed by atoms with van der Waals surface area (Å²) in [6, 6.07) is 9.55. The van der Waals surface area contributed by atoms with Gasteiger partial charge in [-0.25, -0.2) is 12.8 Å². The first-order chi connectivity index (χ1) is 16.8. The van der Waals surface area contributed by atoms with Crippen molar-refractivity contribution in [2.24, 2.45) is 5.41 Å². The summed E-state index contributed by atoms with van der Waals surface area (Å²) in [6.45, 7) is 4.91. The highest BCUT2D eigenvalue weighted by atomic mass is 35.5. The maximum absolute atomic E-state index is 14.5. The van der Waals surface area contributed by atoms with Gasteiger partial charge in [0.2, 0.25) is 5.91 Å². The van der Waals surface area contributed by atoms with Crippen LogP contribution in [0.5, 0.6) is 0 Å². The lowest BCUT2D eigenvalue weighted by molar-refractivity contribution is -0.160. The van der Waals surface area contributed by atoms with E-state index in [2.05, 4.69) is 0 Å². The number of likely N-dealkylation sites (tertiary alicyclic amines) is 1. The molecule has 2 aromatic carbocycles. The SMILES string of the molecule is CC[C@@H](CS(=O)(=O)CC)N1C(=O)[C@@](C)(CC(=O)O)C[C@H](c2cc(F)cc(Cl)c2)[C@H]1c1ccc(Cl)cc1. The van der Waals surface area contributed by atoms with Crippen LogP contribution in [-0.2, 0) is 19.4 Å². The van der Waals surface area contributed by atoms with Crippen molar-refractivity contribution in [3.8, 4) is 0 Å². The van der Waals surface area contributed by atoms with Crippen molar-refractivity contribution in [1.82, 2.24) is 4.90 Å².